The van der Waals surface area contributed by atoms with Gasteiger partial charge in [0.15, 0.2) is 0 Å². The summed E-state index contributed by atoms with van der Waals surface area (Å²) in [5, 5.41) is 1.17. The highest BCUT2D eigenvalue weighted by molar-refractivity contribution is 7.88. The molecule has 2 N–H and O–H groups in total. The smallest absolute Gasteiger partial charge is 0.310 e. The first-order valence-corrected chi connectivity index (χ1v) is 7.09. The third-order valence-corrected chi connectivity index (χ3v) is 2.74. The first kappa shape index (κ1) is 14.6. The maximum absolute atomic E-state index is 11.0. The highest BCUT2D eigenvalue weighted by Gasteiger charge is 2.10. The molecule has 1 rings (SSSR count). The highest BCUT2D eigenvalue weighted by atomic mass is 35.5. The van der Waals surface area contributed by atoms with Gasteiger partial charge < -0.3 is 5.32 Å². The van der Waals surface area contributed by atoms with Crippen LogP contribution in [0.1, 0.15) is 5.56 Å². The molecule has 0 aliphatic heterocycles. The van der Waals surface area contributed by atoms with E-state index in [1.54, 1.807) is 18.2 Å². The SMILES string of the molecule is CS(=O)(=O)NCc1cccc(NC(=O)C(=O)Cl)c1. The summed E-state index contributed by atoms with van der Waals surface area (Å²) >= 11 is 5.00. The molecule has 98 valence electrons. The van der Waals surface area contributed by atoms with E-state index in [2.05, 4.69) is 10.0 Å². The summed E-state index contributed by atoms with van der Waals surface area (Å²) in [5.74, 6) is -0.940. The number of rotatable bonds is 5. The van der Waals surface area contributed by atoms with Crippen LogP contribution in [0.3, 0.4) is 0 Å². The second kappa shape index (κ2) is 5.94. The van der Waals surface area contributed by atoms with Gasteiger partial charge in [0.25, 0.3) is 0 Å². The van der Waals surface area contributed by atoms with Gasteiger partial charge in [0.05, 0.1) is 6.26 Å². The molecule has 0 aliphatic carbocycles. The van der Waals surface area contributed by atoms with Gasteiger partial charge >= 0.3 is 11.1 Å². The standard InChI is InChI=1S/C10H11ClN2O4S/c1-18(16,17)12-6-7-3-2-4-8(5-7)13-10(15)9(11)14/h2-5,12H,6H2,1H3,(H,13,15). The Hall–Kier alpha value is -1.44. The van der Waals surface area contributed by atoms with Gasteiger partial charge in [-0.1, -0.05) is 12.1 Å². The first-order valence-electron chi connectivity index (χ1n) is 4.82. The van der Waals surface area contributed by atoms with Crippen LogP contribution in [-0.2, 0) is 26.2 Å². The fourth-order valence-corrected chi connectivity index (χ4v) is 1.63. The van der Waals surface area contributed by atoms with Gasteiger partial charge in [-0.15, -0.1) is 0 Å². The van der Waals surface area contributed by atoms with E-state index >= 15 is 0 Å². The van der Waals surface area contributed by atoms with Crippen molar-refractivity contribution < 1.29 is 18.0 Å². The lowest BCUT2D eigenvalue weighted by Gasteiger charge is -2.06. The summed E-state index contributed by atoms with van der Waals surface area (Å²) in [5.41, 5.74) is 1.00. The zero-order chi connectivity index (χ0) is 13.8. The van der Waals surface area contributed by atoms with Crippen molar-refractivity contribution >= 4 is 38.5 Å². The van der Waals surface area contributed by atoms with E-state index in [-0.39, 0.29) is 6.54 Å². The topological polar surface area (TPSA) is 92.3 Å². The molecular weight excluding hydrogens is 280 g/mol. The monoisotopic (exact) mass is 290 g/mol. The van der Waals surface area contributed by atoms with Crippen LogP contribution >= 0.6 is 11.6 Å². The van der Waals surface area contributed by atoms with Crippen molar-refractivity contribution in [3.05, 3.63) is 29.8 Å². The number of nitrogens with one attached hydrogen (secondary N) is 2. The van der Waals surface area contributed by atoms with E-state index in [9.17, 15) is 18.0 Å². The summed E-state index contributed by atoms with van der Waals surface area (Å²) < 4.78 is 24.1. The van der Waals surface area contributed by atoms with E-state index in [1.165, 1.54) is 6.07 Å². The normalized spacial score (nSPS) is 11.0. The molecule has 0 aliphatic rings. The van der Waals surface area contributed by atoms with Gasteiger partial charge in [0.2, 0.25) is 10.0 Å². The van der Waals surface area contributed by atoms with Crippen LogP contribution in [-0.4, -0.2) is 25.8 Å². The Morgan fingerprint density at radius 2 is 2.00 bits per heavy atom. The molecular formula is C10H11ClN2O4S. The number of carbonyl (C=O) groups is 2. The van der Waals surface area contributed by atoms with Crippen LogP contribution in [0.25, 0.3) is 0 Å². The van der Waals surface area contributed by atoms with Crippen LogP contribution in [0.15, 0.2) is 24.3 Å². The molecule has 0 aromatic heterocycles. The summed E-state index contributed by atoms with van der Waals surface area (Å²) in [6.45, 7) is 0.0946. The molecule has 18 heavy (non-hydrogen) atoms. The first-order chi connectivity index (χ1) is 8.28. The van der Waals surface area contributed by atoms with Gasteiger partial charge in [-0.05, 0) is 29.3 Å². The molecule has 0 heterocycles. The van der Waals surface area contributed by atoms with E-state index in [1.807, 2.05) is 0 Å². The Morgan fingerprint density at radius 3 is 2.56 bits per heavy atom. The Bertz CT molecular complexity index is 571. The average Bonchev–Trinajstić information content (AvgIpc) is 2.26. The molecule has 0 saturated heterocycles. The highest BCUT2D eigenvalue weighted by Crippen LogP contribution is 2.11. The molecule has 0 unspecified atom stereocenters. The Kier molecular flexibility index (Phi) is 4.83. The van der Waals surface area contributed by atoms with Crippen molar-refractivity contribution in [1.82, 2.24) is 4.72 Å². The maximum atomic E-state index is 11.0. The van der Waals surface area contributed by atoms with E-state index in [0.717, 1.165) is 6.26 Å². The maximum Gasteiger partial charge on any atom is 0.310 e. The van der Waals surface area contributed by atoms with E-state index < -0.39 is 21.2 Å². The van der Waals surface area contributed by atoms with Crippen LogP contribution in [0.2, 0.25) is 0 Å². The molecule has 0 bridgehead atoms. The van der Waals surface area contributed by atoms with Crippen molar-refractivity contribution in [1.29, 1.82) is 0 Å². The Balaban J connectivity index is 2.74. The number of amides is 1. The molecule has 0 saturated carbocycles. The fourth-order valence-electron chi connectivity index (χ4n) is 1.15. The zero-order valence-electron chi connectivity index (χ0n) is 9.44. The van der Waals surface area contributed by atoms with Crippen LogP contribution < -0.4 is 10.0 Å². The summed E-state index contributed by atoms with van der Waals surface area (Å²) in [6.07, 6.45) is 1.05. The van der Waals surface area contributed by atoms with Gasteiger partial charge in [-0.2, -0.15) is 0 Å². The lowest BCUT2D eigenvalue weighted by molar-refractivity contribution is -0.130. The Labute approximate surface area is 109 Å². The van der Waals surface area contributed by atoms with E-state index in [4.69, 9.17) is 11.6 Å². The van der Waals surface area contributed by atoms with Crippen molar-refractivity contribution in [2.75, 3.05) is 11.6 Å². The molecule has 0 atom stereocenters. The molecule has 0 fully saturated rings. The third-order valence-electron chi connectivity index (χ3n) is 1.90. The van der Waals surface area contributed by atoms with Crippen LogP contribution in [0.4, 0.5) is 5.69 Å². The predicted octanol–water partition coefficient (Wildman–Crippen LogP) is 0.440. The van der Waals surface area contributed by atoms with Gasteiger partial charge in [-0.25, -0.2) is 13.1 Å². The summed E-state index contributed by atoms with van der Waals surface area (Å²) in [7, 11) is -3.28. The molecule has 1 aromatic rings. The number of hydrogen-bond donors (Lipinski definition) is 2. The quantitative estimate of drug-likeness (QED) is 0.608. The van der Waals surface area contributed by atoms with Gasteiger partial charge in [-0.3, -0.25) is 9.59 Å². The fraction of sp³-hybridized carbons (Fsp3) is 0.200. The molecule has 6 nitrogen and oxygen atoms in total. The second-order valence-corrected chi connectivity index (χ2v) is 5.70. The van der Waals surface area contributed by atoms with Crippen molar-refractivity contribution in [2.45, 2.75) is 6.54 Å². The minimum absolute atomic E-state index is 0.0946. The second-order valence-electron chi connectivity index (χ2n) is 3.52. The number of hydrogen-bond acceptors (Lipinski definition) is 4. The lowest BCUT2D eigenvalue weighted by Crippen LogP contribution is -2.21. The molecule has 1 amide bonds. The van der Waals surface area contributed by atoms with Gasteiger partial charge in [0.1, 0.15) is 0 Å². The average molecular weight is 291 g/mol. The van der Waals surface area contributed by atoms with Crippen molar-refractivity contribution in [3.8, 4) is 0 Å². The number of halogens is 1. The number of sulfonamides is 1. The Morgan fingerprint density at radius 1 is 1.33 bits per heavy atom. The van der Waals surface area contributed by atoms with Gasteiger partial charge in [0, 0.05) is 12.2 Å². The summed E-state index contributed by atoms with van der Waals surface area (Å²) in [6, 6.07) is 6.39. The minimum atomic E-state index is -3.28. The zero-order valence-corrected chi connectivity index (χ0v) is 11.0. The van der Waals surface area contributed by atoms with Crippen molar-refractivity contribution in [3.63, 3.8) is 0 Å². The lowest BCUT2D eigenvalue weighted by atomic mass is 10.2. The molecule has 0 radical (unpaired) electrons. The number of benzene rings is 1. The minimum Gasteiger partial charge on any atom is -0.318 e. The molecule has 1 aromatic carbocycles. The van der Waals surface area contributed by atoms with Crippen molar-refractivity contribution in [2.24, 2.45) is 0 Å². The molecule has 8 heteroatoms. The predicted molar refractivity (Wildman–Crippen MR) is 67.6 cm³/mol. The van der Waals surface area contributed by atoms with E-state index in [0.29, 0.717) is 11.3 Å². The largest absolute Gasteiger partial charge is 0.318 e. The van der Waals surface area contributed by atoms with Crippen LogP contribution in [0, 0.1) is 0 Å². The number of carbonyl (C=O) groups excluding carboxylic acids is 2. The summed E-state index contributed by atoms with van der Waals surface area (Å²) in [4.78, 5) is 21.6. The molecule has 0 spiro atoms. The third kappa shape index (κ3) is 5.26. The number of anilines is 1. The van der Waals surface area contributed by atoms with Crippen LogP contribution in [0.5, 0.6) is 0 Å².